The molecule has 5 N–H and O–H groups in total. The molecule has 1 rings (SSSR count). The summed E-state index contributed by atoms with van der Waals surface area (Å²) in [5.74, 6) is -0.784. The van der Waals surface area contributed by atoms with Gasteiger partial charge in [0.1, 0.15) is 6.10 Å². The Morgan fingerprint density at radius 1 is 1.44 bits per heavy atom. The van der Waals surface area contributed by atoms with Crippen LogP contribution in [0.1, 0.15) is 22.0 Å². The molecule has 0 saturated heterocycles. The van der Waals surface area contributed by atoms with Gasteiger partial charge in [0.2, 0.25) is 5.75 Å². The number of benzene rings is 1. The Bertz CT molecular complexity index is 476. The summed E-state index contributed by atoms with van der Waals surface area (Å²) in [6.45, 7) is -0.258. The maximum atomic E-state index is 10.7. The molecule has 2 unspecified atom stereocenters. The number of nitrogens with zero attached hydrogens (tertiary/aromatic N) is 1. The number of nitro benzene ring substituents is 1. The molecule has 0 aliphatic heterocycles. The molecular formula is C10H12N2O6. The second-order valence-corrected chi connectivity index (χ2v) is 3.60. The fraction of sp³-hybridized carbons (Fsp3) is 0.300. The van der Waals surface area contributed by atoms with Gasteiger partial charge in [0.25, 0.3) is 0 Å². The summed E-state index contributed by atoms with van der Waals surface area (Å²) in [6, 6.07) is 1.94. The van der Waals surface area contributed by atoms with Crippen molar-refractivity contribution >= 4 is 12.0 Å². The van der Waals surface area contributed by atoms with Gasteiger partial charge in [-0.1, -0.05) is 0 Å². The predicted octanol–water partition coefficient (Wildman–Crippen LogP) is -0.534. The van der Waals surface area contributed by atoms with E-state index in [-0.39, 0.29) is 24.0 Å². The van der Waals surface area contributed by atoms with E-state index in [9.17, 15) is 30.2 Å². The van der Waals surface area contributed by atoms with Gasteiger partial charge in [-0.3, -0.25) is 14.9 Å². The SMILES string of the molecule is NCC(O)C(O)c1cc(C=O)c(O)c([N+](=O)[O-])c1. The number of aliphatic hydroxyl groups excluding tert-OH is 2. The molecule has 0 aromatic heterocycles. The number of hydrogen-bond donors (Lipinski definition) is 4. The summed E-state index contributed by atoms with van der Waals surface area (Å²) in [4.78, 5) is 20.4. The van der Waals surface area contributed by atoms with Crippen molar-refractivity contribution in [2.24, 2.45) is 5.73 Å². The third kappa shape index (κ3) is 2.62. The molecule has 0 amide bonds. The van der Waals surface area contributed by atoms with Crippen molar-refractivity contribution < 1.29 is 25.0 Å². The Morgan fingerprint density at radius 2 is 2.06 bits per heavy atom. The van der Waals surface area contributed by atoms with Gasteiger partial charge in [-0.2, -0.15) is 0 Å². The second kappa shape index (κ2) is 5.54. The molecule has 0 bridgehead atoms. The van der Waals surface area contributed by atoms with Gasteiger partial charge in [-0.05, 0) is 11.6 Å². The van der Waals surface area contributed by atoms with Gasteiger partial charge in [0.05, 0.1) is 16.6 Å². The van der Waals surface area contributed by atoms with Gasteiger partial charge in [-0.15, -0.1) is 0 Å². The highest BCUT2D eigenvalue weighted by Gasteiger charge is 2.24. The zero-order valence-corrected chi connectivity index (χ0v) is 9.18. The Morgan fingerprint density at radius 3 is 2.50 bits per heavy atom. The Kier molecular flexibility index (Phi) is 4.32. The molecule has 0 spiro atoms. The van der Waals surface area contributed by atoms with Crippen LogP contribution in [0.3, 0.4) is 0 Å². The molecule has 0 fully saturated rings. The third-order valence-corrected chi connectivity index (χ3v) is 2.41. The predicted molar refractivity (Wildman–Crippen MR) is 60.2 cm³/mol. The third-order valence-electron chi connectivity index (χ3n) is 2.41. The Labute approximate surface area is 101 Å². The van der Waals surface area contributed by atoms with Crippen LogP contribution < -0.4 is 5.73 Å². The summed E-state index contributed by atoms with van der Waals surface area (Å²) in [7, 11) is 0. The molecule has 0 heterocycles. The summed E-state index contributed by atoms with van der Waals surface area (Å²) in [6.07, 6.45) is -2.59. The van der Waals surface area contributed by atoms with E-state index in [0.717, 1.165) is 12.1 Å². The molecule has 18 heavy (non-hydrogen) atoms. The van der Waals surface area contributed by atoms with Gasteiger partial charge in [0.15, 0.2) is 6.29 Å². The van der Waals surface area contributed by atoms with E-state index in [0.29, 0.717) is 0 Å². The normalized spacial score (nSPS) is 13.9. The van der Waals surface area contributed by atoms with Gasteiger partial charge in [-0.25, -0.2) is 0 Å². The van der Waals surface area contributed by atoms with Crippen LogP contribution in [-0.4, -0.2) is 39.2 Å². The maximum Gasteiger partial charge on any atom is 0.311 e. The second-order valence-electron chi connectivity index (χ2n) is 3.60. The summed E-state index contributed by atoms with van der Waals surface area (Å²) in [5, 5.41) is 39.1. The lowest BCUT2D eigenvalue weighted by atomic mass is 10.0. The number of carbonyl (C=O) groups is 1. The maximum absolute atomic E-state index is 10.7. The number of phenolic OH excluding ortho intramolecular Hbond substituents is 1. The monoisotopic (exact) mass is 256 g/mol. The van der Waals surface area contributed by atoms with E-state index in [1.54, 1.807) is 0 Å². The molecule has 0 aliphatic rings. The number of hydrogen-bond acceptors (Lipinski definition) is 7. The van der Waals surface area contributed by atoms with Crippen LogP contribution in [0.2, 0.25) is 0 Å². The molecule has 8 nitrogen and oxygen atoms in total. The molecule has 0 radical (unpaired) electrons. The van der Waals surface area contributed by atoms with Crippen molar-refractivity contribution in [3.63, 3.8) is 0 Å². The topological polar surface area (TPSA) is 147 Å². The van der Waals surface area contributed by atoms with Gasteiger partial charge in [0, 0.05) is 12.6 Å². The number of phenols is 1. The van der Waals surface area contributed by atoms with Crippen LogP contribution in [0.5, 0.6) is 5.75 Å². The minimum atomic E-state index is -1.48. The van der Waals surface area contributed by atoms with E-state index in [1.165, 1.54) is 0 Å². The first-order valence-electron chi connectivity index (χ1n) is 4.95. The molecular weight excluding hydrogens is 244 g/mol. The lowest BCUT2D eigenvalue weighted by Gasteiger charge is -2.16. The molecule has 2 atom stereocenters. The van der Waals surface area contributed by atoms with E-state index in [2.05, 4.69) is 0 Å². The average Bonchev–Trinajstić information content (AvgIpc) is 2.36. The fourth-order valence-corrected chi connectivity index (χ4v) is 1.41. The van der Waals surface area contributed by atoms with E-state index < -0.39 is 28.6 Å². The Hall–Kier alpha value is -2.03. The van der Waals surface area contributed by atoms with Gasteiger partial charge >= 0.3 is 5.69 Å². The molecule has 98 valence electrons. The average molecular weight is 256 g/mol. The van der Waals surface area contributed by atoms with E-state index in [4.69, 9.17) is 5.73 Å². The first-order valence-corrected chi connectivity index (χ1v) is 4.95. The van der Waals surface area contributed by atoms with Crippen LogP contribution in [0.4, 0.5) is 5.69 Å². The van der Waals surface area contributed by atoms with E-state index >= 15 is 0 Å². The molecule has 8 heteroatoms. The number of nitrogens with two attached hydrogens (primary N) is 1. The highest BCUT2D eigenvalue weighted by atomic mass is 16.6. The van der Waals surface area contributed by atoms with Crippen molar-refractivity contribution in [2.45, 2.75) is 12.2 Å². The molecule has 1 aromatic rings. The van der Waals surface area contributed by atoms with Crippen LogP contribution in [0.15, 0.2) is 12.1 Å². The zero-order valence-electron chi connectivity index (χ0n) is 9.18. The number of aliphatic hydroxyl groups is 2. The van der Waals surface area contributed by atoms with Crippen molar-refractivity contribution in [1.82, 2.24) is 0 Å². The fourth-order valence-electron chi connectivity index (χ4n) is 1.41. The molecule has 0 saturated carbocycles. The van der Waals surface area contributed by atoms with Crippen LogP contribution in [0, 0.1) is 10.1 Å². The molecule has 1 aromatic carbocycles. The first kappa shape index (κ1) is 14.0. The first-order chi connectivity index (χ1) is 8.42. The van der Waals surface area contributed by atoms with Crippen LogP contribution in [-0.2, 0) is 0 Å². The summed E-state index contributed by atoms with van der Waals surface area (Å²) < 4.78 is 0. The molecule has 0 aliphatic carbocycles. The van der Waals surface area contributed by atoms with E-state index in [1.807, 2.05) is 0 Å². The van der Waals surface area contributed by atoms with Crippen LogP contribution in [0.25, 0.3) is 0 Å². The standard InChI is InChI=1S/C10H12N2O6/c11-3-8(14)10(16)5-1-6(4-13)9(15)7(2-5)12(17)18/h1-2,4,8,10,14-16H,3,11H2. The number of aldehydes is 1. The lowest BCUT2D eigenvalue weighted by Crippen LogP contribution is -2.27. The number of carbonyl (C=O) groups excluding carboxylic acids is 1. The summed E-state index contributed by atoms with van der Waals surface area (Å²) in [5.41, 5.74) is 4.01. The minimum Gasteiger partial charge on any atom is -0.502 e. The van der Waals surface area contributed by atoms with Crippen LogP contribution >= 0.6 is 0 Å². The van der Waals surface area contributed by atoms with Crippen molar-refractivity contribution in [2.75, 3.05) is 6.54 Å². The van der Waals surface area contributed by atoms with Crippen molar-refractivity contribution in [3.8, 4) is 5.75 Å². The number of aromatic hydroxyl groups is 1. The van der Waals surface area contributed by atoms with Crippen molar-refractivity contribution in [3.05, 3.63) is 33.4 Å². The Balaban J connectivity index is 3.34. The summed E-state index contributed by atoms with van der Waals surface area (Å²) >= 11 is 0. The smallest absolute Gasteiger partial charge is 0.311 e. The highest BCUT2D eigenvalue weighted by molar-refractivity contribution is 5.82. The quantitative estimate of drug-likeness (QED) is 0.314. The number of nitro groups is 1. The zero-order chi connectivity index (χ0) is 13.9. The minimum absolute atomic E-state index is 0.0699. The van der Waals surface area contributed by atoms with Crippen molar-refractivity contribution in [1.29, 1.82) is 0 Å². The largest absolute Gasteiger partial charge is 0.502 e. The lowest BCUT2D eigenvalue weighted by molar-refractivity contribution is -0.386. The highest BCUT2D eigenvalue weighted by Crippen LogP contribution is 2.33. The van der Waals surface area contributed by atoms with Gasteiger partial charge < -0.3 is 21.1 Å². The number of rotatable bonds is 5.